The molecule has 2 aromatic rings. The number of alkyl carbamates (subject to hydrolysis) is 1. The maximum absolute atomic E-state index is 12.7. The van der Waals surface area contributed by atoms with Crippen LogP contribution in [0.3, 0.4) is 0 Å². The van der Waals surface area contributed by atoms with E-state index in [4.69, 9.17) is 11.2 Å². The quantitative estimate of drug-likeness (QED) is 0.467. The molecule has 0 radical (unpaired) electrons. The standard InChI is InChI=1S/C26H29N3O5/c1-4-9-23(25(31)32)27-24(30)22(14-15-29(2)3)28-26(33)34-16-21-19-12-7-5-10-17(19)18-11-6-8-13-20(18)21/h1,5-8,10-13,21-23H,9,14-16H2,2-3H3,(H,27,30)(H,28,33)(H,31,32). The molecule has 1 aliphatic rings. The first-order valence-electron chi connectivity index (χ1n) is 11.0. The van der Waals surface area contributed by atoms with Crippen molar-refractivity contribution in [2.24, 2.45) is 0 Å². The lowest BCUT2D eigenvalue weighted by Gasteiger charge is -2.22. The first-order valence-corrected chi connectivity index (χ1v) is 11.0. The highest BCUT2D eigenvalue weighted by molar-refractivity contribution is 5.89. The zero-order chi connectivity index (χ0) is 24.7. The molecule has 0 aliphatic heterocycles. The van der Waals surface area contributed by atoms with Gasteiger partial charge < -0.3 is 25.4 Å². The number of carboxylic acids is 1. The van der Waals surface area contributed by atoms with Crippen LogP contribution in [0.25, 0.3) is 11.1 Å². The third kappa shape index (κ3) is 5.94. The van der Waals surface area contributed by atoms with Gasteiger partial charge in [0.25, 0.3) is 0 Å². The highest BCUT2D eigenvalue weighted by Crippen LogP contribution is 2.44. The van der Waals surface area contributed by atoms with Crippen molar-refractivity contribution < 1.29 is 24.2 Å². The van der Waals surface area contributed by atoms with Gasteiger partial charge in [-0.1, -0.05) is 48.5 Å². The summed E-state index contributed by atoms with van der Waals surface area (Å²) in [6, 6.07) is 13.8. The molecule has 2 amide bonds. The van der Waals surface area contributed by atoms with Crippen LogP contribution in [0.5, 0.6) is 0 Å². The minimum atomic E-state index is -1.24. The zero-order valence-electron chi connectivity index (χ0n) is 19.3. The molecule has 2 aromatic carbocycles. The molecule has 0 spiro atoms. The molecule has 0 saturated heterocycles. The SMILES string of the molecule is C#CCC(NC(=O)C(CCN(C)C)NC(=O)OCC1c2ccccc2-c2ccccc21)C(=O)O. The molecule has 8 heteroatoms. The summed E-state index contributed by atoms with van der Waals surface area (Å²) in [5.41, 5.74) is 4.39. The van der Waals surface area contributed by atoms with E-state index in [2.05, 4.69) is 16.6 Å². The number of nitrogens with one attached hydrogen (secondary N) is 2. The Morgan fingerprint density at radius 1 is 1.03 bits per heavy atom. The molecule has 1 aliphatic carbocycles. The second-order valence-corrected chi connectivity index (χ2v) is 8.42. The van der Waals surface area contributed by atoms with Crippen molar-refractivity contribution in [1.82, 2.24) is 15.5 Å². The number of aliphatic carboxylic acids is 1. The largest absolute Gasteiger partial charge is 0.480 e. The fourth-order valence-corrected chi connectivity index (χ4v) is 4.03. The minimum Gasteiger partial charge on any atom is -0.480 e. The predicted octanol–water partition coefficient (Wildman–Crippen LogP) is 2.44. The lowest BCUT2D eigenvalue weighted by atomic mass is 9.98. The second kappa shape index (κ2) is 11.3. The van der Waals surface area contributed by atoms with Crippen LogP contribution >= 0.6 is 0 Å². The molecule has 3 rings (SSSR count). The molecule has 0 fully saturated rings. The minimum absolute atomic E-state index is 0.108. The van der Waals surface area contributed by atoms with Crippen LogP contribution in [-0.2, 0) is 14.3 Å². The number of terminal acetylenes is 1. The number of benzene rings is 2. The highest BCUT2D eigenvalue weighted by atomic mass is 16.5. The molecule has 0 aromatic heterocycles. The monoisotopic (exact) mass is 463 g/mol. The van der Waals surface area contributed by atoms with Gasteiger partial charge >= 0.3 is 12.1 Å². The van der Waals surface area contributed by atoms with Crippen molar-refractivity contribution in [3.8, 4) is 23.5 Å². The summed E-state index contributed by atoms with van der Waals surface area (Å²) >= 11 is 0. The van der Waals surface area contributed by atoms with Gasteiger partial charge in [0.15, 0.2) is 0 Å². The number of carboxylic acid groups (broad SMARTS) is 1. The molecule has 178 valence electrons. The van der Waals surface area contributed by atoms with Crippen molar-refractivity contribution in [2.45, 2.75) is 30.8 Å². The van der Waals surface area contributed by atoms with Crippen LogP contribution in [-0.4, -0.2) is 67.3 Å². The summed E-state index contributed by atoms with van der Waals surface area (Å²) in [7, 11) is 3.67. The summed E-state index contributed by atoms with van der Waals surface area (Å²) in [6.45, 7) is 0.603. The molecule has 2 atom stereocenters. The molecular formula is C26H29N3O5. The highest BCUT2D eigenvalue weighted by Gasteiger charge is 2.30. The number of hydrogen-bond donors (Lipinski definition) is 3. The van der Waals surface area contributed by atoms with Gasteiger partial charge in [-0.15, -0.1) is 12.3 Å². The fourth-order valence-electron chi connectivity index (χ4n) is 4.03. The van der Waals surface area contributed by atoms with E-state index in [1.54, 1.807) is 0 Å². The number of nitrogens with zero attached hydrogens (tertiary/aromatic N) is 1. The average molecular weight is 464 g/mol. The average Bonchev–Trinajstić information content (AvgIpc) is 3.13. The van der Waals surface area contributed by atoms with Gasteiger partial charge in [0.1, 0.15) is 18.7 Å². The Balaban J connectivity index is 1.67. The molecule has 34 heavy (non-hydrogen) atoms. The van der Waals surface area contributed by atoms with E-state index in [0.29, 0.717) is 6.54 Å². The van der Waals surface area contributed by atoms with E-state index in [-0.39, 0.29) is 25.4 Å². The van der Waals surface area contributed by atoms with Crippen molar-refractivity contribution >= 4 is 18.0 Å². The van der Waals surface area contributed by atoms with E-state index in [9.17, 15) is 19.5 Å². The van der Waals surface area contributed by atoms with Gasteiger partial charge in [0, 0.05) is 12.3 Å². The van der Waals surface area contributed by atoms with E-state index in [1.165, 1.54) is 0 Å². The van der Waals surface area contributed by atoms with Crippen LogP contribution in [0, 0.1) is 12.3 Å². The topological polar surface area (TPSA) is 108 Å². The zero-order valence-corrected chi connectivity index (χ0v) is 19.3. The number of ether oxygens (including phenoxy) is 1. The lowest BCUT2D eigenvalue weighted by molar-refractivity contribution is -0.142. The van der Waals surface area contributed by atoms with E-state index in [0.717, 1.165) is 22.3 Å². The summed E-state index contributed by atoms with van der Waals surface area (Å²) < 4.78 is 5.53. The van der Waals surface area contributed by atoms with Crippen molar-refractivity contribution in [3.05, 3.63) is 59.7 Å². The Labute approximate surface area is 199 Å². The Morgan fingerprint density at radius 3 is 2.15 bits per heavy atom. The smallest absolute Gasteiger partial charge is 0.407 e. The molecule has 3 N–H and O–H groups in total. The van der Waals surface area contributed by atoms with E-state index >= 15 is 0 Å². The van der Waals surface area contributed by atoms with Gasteiger partial charge in [-0.2, -0.15) is 0 Å². The van der Waals surface area contributed by atoms with E-state index < -0.39 is 30.1 Å². The summed E-state index contributed by atoms with van der Waals surface area (Å²) in [5, 5.41) is 14.3. The fraction of sp³-hybridized carbons (Fsp3) is 0.346. The molecule has 0 heterocycles. The molecule has 8 nitrogen and oxygen atoms in total. The van der Waals surface area contributed by atoms with Gasteiger partial charge in [-0.3, -0.25) is 4.79 Å². The van der Waals surface area contributed by atoms with Crippen molar-refractivity contribution in [2.75, 3.05) is 27.2 Å². The lowest BCUT2D eigenvalue weighted by Crippen LogP contribution is -2.52. The second-order valence-electron chi connectivity index (χ2n) is 8.42. The van der Waals surface area contributed by atoms with Gasteiger partial charge in [0.2, 0.25) is 5.91 Å². The Kier molecular flexibility index (Phi) is 8.28. The number of rotatable bonds is 10. The van der Waals surface area contributed by atoms with E-state index in [1.807, 2.05) is 67.5 Å². The predicted molar refractivity (Wildman–Crippen MR) is 128 cm³/mol. The van der Waals surface area contributed by atoms with Crippen LogP contribution in [0.4, 0.5) is 4.79 Å². The van der Waals surface area contributed by atoms with Crippen LogP contribution < -0.4 is 10.6 Å². The number of fused-ring (bicyclic) bond motifs is 3. The third-order valence-corrected chi connectivity index (χ3v) is 5.75. The number of hydrogen-bond acceptors (Lipinski definition) is 5. The first-order chi connectivity index (χ1) is 16.3. The van der Waals surface area contributed by atoms with Crippen LogP contribution in [0.15, 0.2) is 48.5 Å². The van der Waals surface area contributed by atoms with Gasteiger partial charge in [0.05, 0.1) is 0 Å². The summed E-state index contributed by atoms with van der Waals surface area (Å²) in [6.07, 6.45) is 4.57. The number of amides is 2. The van der Waals surface area contributed by atoms with Gasteiger partial charge in [-0.25, -0.2) is 9.59 Å². The molecular weight excluding hydrogens is 434 g/mol. The number of carbonyl (C=O) groups is 3. The van der Waals surface area contributed by atoms with Crippen LogP contribution in [0.1, 0.15) is 29.9 Å². The Bertz CT molecular complexity index is 1050. The molecule has 0 saturated carbocycles. The maximum atomic E-state index is 12.7. The molecule has 2 unspecified atom stereocenters. The number of carbonyl (C=O) groups excluding carboxylic acids is 2. The third-order valence-electron chi connectivity index (χ3n) is 5.75. The maximum Gasteiger partial charge on any atom is 0.407 e. The van der Waals surface area contributed by atoms with Crippen molar-refractivity contribution in [1.29, 1.82) is 0 Å². The molecule has 0 bridgehead atoms. The first kappa shape index (κ1) is 24.8. The van der Waals surface area contributed by atoms with Gasteiger partial charge in [-0.05, 0) is 49.3 Å². The summed E-state index contributed by atoms with van der Waals surface area (Å²) in [4.78, 5) is 38.6. The summed E-state index contributed by atoms with van der Waals surface area (Å²) in [5.74, 6) is 0.261. The normalized spacial score (nSPS) is 13.8. The van der Waals surface area contributed by atoms with Crippen LogP contribution in [0.2, 0.25) is 0 Å². The van der Waals surface area contributed by atoms with Crippen molar-refractivity contribution in [3.63, 3.8) is 0 Å². The Morgan fingerprint density at radius 2 is 1.62 bits per heavy atom. The Hall–Kier alpha value is -3.83.